The second kappa shape index (κ2) is 10.2. The Kier molecular flexibility index (Phi) is 8.36. The number of hydrogen-bond acceptors (Lipinski definition) is 6. The van der Waals surface area contributed by atoms with E-state index in [1.807, 2.05) is 0 Å². The summed E-state index contributed by atoms with van der Waals surface area (Å²) in [5.41, 5.74) is 0. The van der Waals surface area contributed by atoms with Crippen molar-refractivity contribution in [1.29, 1.82) is 0 Å². The molecule has 1 amide bonds. The first kappa shape index (κ1) is 16.4. The zero-order valence-corrected chi connectivity index (χ0v) is 11.6. The van der Waals surface area contributed by atoms with Crippen LogP contribution in [0.5, 0.6) is 0 Å². The zero-order chi connectivity index (χ0) is 14.6. The normalized spacial score (nSPS) is 10.2. The van der Waals surface area contributed by atoms with E-state index in [-0.39, 0.29) is 6.54 Å². The number of halogens is 1. The number of amides is 1. The lowest BCUT2D eigenvalue weighted by atomic mass is 10.6. The lowest BCUT2D eigenvalue weighted by Gasteiger charge is -2.07. The average Bonchev–Trinajstić information content (AvgIpc) is 2.40. The fourth-order valence-electron chi connectivity index (χ4n) is 1.23. The predicted molar refractivity (Wildman–Crippen MR) is 73.2 cm³/mol. The van der Waals surface area contributed by atoms with Crippen LogP contribution in [-0.4, -0.2) is 60.7 Å². The fourth-order valence-corrected chi connectivity index (χ4v) is 1.38. The third-order valence-corrected chi connectivity index (χ3v) is 2.23. The second-order valence-electron chi connectivity index (χ2n) is 3.61. The number of nitrogens with zero attached hydrogens (tertiary/aromatic N) is 2. The number of hydrogen-bond donors (Lipinski definition) is 3. The van der Waals surface area contributed by atoms with E-state index in [9.17, 15) is 4.79 Å². The SMILES string of the molecule is O=C(O)NCCOCCOCCNc1cncc(Cl)n1. The summed E-state index contributed by atoms with van der Waals surface area (Å²) < 4.78 is 10.5. The van der Waals surface area contributed by atoms with Gasteiger partial charge in [0, 0.05) is 13.1 Å². The maximum absolute atomic E-state index is 10.1. The first-order valence-electron chi connectivity index (χ1n) is 6.02. The average molecular weight is 305 g/mol. The van der Waals surface area contributed by atoms with Crippen molar-refractivity contribution < 1.29 is 19.4 Å². The zero-order valence-electron chi connectivity index (χ0n) is 10.8. The quantitative estimate of drug-likeness (QED) is 0.550. The third-order valence-electron chi connectivity index (χ3n) is 2.05. The molecule has 0 aromatic carbocycles. The van der Waals surface area contributed by atoms with Gasteiger partial charge < -0.3 is 25.2 Å². The van der Waals surface area contributed by atoms with Crippen molar-refractivity contribution in [2.24, 2.45) is 0 Å². The minimum Gasteiger partial charge on any atom is -0.465 e. The van der Waals surface area contributed by atoms with E-state index in [1.165, 1.54) is 6.20 Å². The molecule has 0 aliphatic carbocycles. The van der Waals surface area contributed by atoms with Crippen LogP contribution in [-0.2, 0) is 9.47 Å². The monoisotopic (exact) mass is 304 g/mol. The molecular weight excluding hydrogens is 288 g/mol. The number of rotatable bonds is 10. The molecule has 0 bridgehead atoms. The van der Waals surface area contributed by atoms with Crippen molar-refractivity contribution in [1.82, 2.24) is 15.3 Å². The molecule has 20 heavy (non-hydrogen) atoms. The largest absolute Gasteiger partial charge is 0.465 e. The molecule has 1 aromatic rings. The first-order chi connectivity index (χ1) is 9.68. The van der Waals surface area contributed by atoms with E-state index in [4.69, 9.17) is 26.2 Å². The summed E-state index contributed by atoms with van der Waals surface area (Å²) in [6, 6.07) is 0. The van der Waals surface area contributed by atoms with Gasteiger partial charge in [0.15, 0.2) is 0 Å². The molecule has 0 unspecified atom stereocenters. The van der Waals surface area contributed by atoms with Crippen LogP contribution >= 0.6 is 11.6 Å². The van der Waals surface area contributed by atoms with Crippen molar-refractivity contribution in [3.63, 3.8) is 0 Å². The lowest BCUT2D eigenvalue weighted by molar-refractivity contribution is 0.0527. The van der Waals surface area contributed by atoms with Gasteiger partial charge >= 0.3 is 6.09 Å². The van der Waals surface area contributed by atoms with E-state index in [0.29, 0.717) is 43.9 Å². The molecule has 1 rings (SSSR count). The van der Waals surface area contributed by atoms with Crippen LogP contribution in [0.15, 0.2) is 12.4 Å². The van der Waals surface area contributed by atoms with Crippen LogP contribution in [0, 0.1) is 0 Å². The van der Waals surface area contributed by atoms with Crippen molar-refractivity contribution in [2.45, 2.75) is 0 Å². The molecule has 0 radical (unpaired) electrons. The minimum absolute atomic E-state index is 0.268. The molecule has 8 nitrogen and oxygen atoms in total. The van der Waals surface area contributed by atoms with Gasteiger partial charge in [-0.2, -0.15) is 0 Å². The van der Waals surface area contributed by atoms with E-state index in [1.54, 1.807) is 6.20 Å². The molecule has 0 aliphatic heterocycles. The maximum atomic E-state index is 10.1. The highest BCUT2D eigenvalue weighted by molar-refractivity contribution is 6.29. The Labute approximate surface area is 121 Å². The van der Waals surface area contributed by atoms with Crippen LogP contribution in [0.4, 0.5) is 10.6 Å². The Morgan fingerprint density at radius 2 is 1.90 bits per heavy atom. The van der Waals surface area contributed by atoms with Crippen LogP contribution < -0.4 is 10.6 Å². The standard InChI is InChI=1S/C11H17ClN4O4/c12-9-7-13-8-10(16-9)14-1-3-19-5-6-20-4-2-15-11(17)18/h7-8,15H,1-6H2,(H,14,16)(H,17,18). The summed E-state index contributed by atoms with van der Waals surface area (Å²) in [6.07, 6.45) is 1.98. The minimum atomic E-state index is -1.06. The Bertz CT molecular complexity index is 408. The molecule has 112 valence electrons. The van der Waals surface area contributed by atoms with Crippen LogP contribution in [0.25, 0.3) is 0 Å². The van der Waals surface area contributed by atoms with Gasteiger partial charge in [-0.1, -0.05) is 11.6 Å². The van der Waals surface area contributed by atoms with E-state index in [2.05, 4.69) is 20.6 Å². The van der Waals surface area contributed by atoms with Gasteiger partial charge in [0.05, 0.1) is 38.8 Å². The van der Waals surface area contributed by atoms with Crippen molar-refractivity contribution in [2.75, 3.05) is 44.8 Å². The van der Waals surface area contributed by atoms with Gasteiger partial charge in [-0.3, -0.25) is 4.98 Å². The Morgan fingerprint density at radius 1 is 1.20 bits per heavy atom. The van der Waals surface area contributed by atoms with E-state index >= 15 is 0 Å². The van der Waals surface area contributed by atoms with Crippen molar-refractivity contribution in [3.05, 3.63) is 17.5 Å². The first-order valence-corrected chi connectivity index (χ1v) is 6.40. The highest BCUT2D eigenvalue weighted by Gasteiger charge is 1.96. The molecule has 0 saturated carbocycles. The summed E-state index contributed by atoms with van der Waals surface area (Å²) in [6.45, 7) is 2.52. The fraction of sp³-hybridized carbons (Fsp3) is 0.545. The number of carboxylic acid groups (broad SMARTS) is 1. The van der Waals surface area contributed by atoms with Crippen LogP contribution in [0.1, 0.15) is 0 Å². The molecule has 9 heteroatoms. The van der Waals surface area contributed by atoms with E-state index < -0.39 is 6.09 Å². The third kappa shape index (κ3) is 8.46. The topological polar surface area (TPSA) is 106 Å². The molecule has 0 spiro atoms. The molecule has 0 atom stereocenters. The number of anilines is 1. The summed E-state index contributed by atoms with van der Waals surface area (Å²) in [5, 5.41) is 13.8. The second-order valence-corrected chi connectivity index (χ2v) is 4.00. The molecule has 1 heterocycles. The van der Waals surface area contributed by atoms with Gasteiger partial charge in [-0.15, -0.1) is 0 Å². The highest BCUT2D eigenvalue weighted by atomic mass is 35.5. The molecule has 0 saturated heterocycles. The van der Waals surface area contributed by atoms with Gasteiger partial charge in [0.2, 0.25) is 0 Å². The Hall–Kier alpha value is -1.64. The lowest BCUT2D eigenvalue weighted by Crippen LogP contribution is -2.25. The molecule has 1 aromatic heterocycles. The maximum Gasteiger partial charge on any atom is 0.404 e. The Balaban J connectivity index is 1.89. The summed E-state index contributed by atoms with van der Waals surface area (Å²) in [5.74, 6) is 0.595. The van der Waals surface area contributed by atoms with Gasteiger partial charge in [-0.25, -0.2) is 9.78 Å². The van der Waals surface area contributed by atoms with Crippen molar-refractivity contribution in [3.8, 4) is 0 Å². The number of ether oxygens (including phenoxy) is 2. The summed E-state index contributed by atoms with van der Waals surface area (Å²) >= 11 is 5.68. The van der Waals surface area contributed by atoms with Crippen LogP contribution in [0.3, 0.4) is 0 Å². The smallest absolute Gasteiger partial charge is 0.404 e. The number of aromatic nitrogens is 2. The van der Waals surface area contributed by atoms with E-state index in [0.717, 1.165) is 0 Å². The highest BCUT2D eigenvalue weighted by Crippen LogP contribution is 2.05. The molecular formula is C11H17ClN4O4. The molecule has 0 fully saturated rings. The number of carbonyl (C=O) groups is 1. The van der Waals surface area contributed by atoms with Gasteiger partial charge in [0.25, 0.3) is 0 Å². The summed E-state index contributed by atoms with van der Waals surface area (Å²) in [7, 11) is 0. The van der Waals surface area contributed by atoms with Gasteiger partial charge in [0.1, 0.15) is 11.0 Å². The summed E-state index contributed by atoms with van der Waals surface area (Å²) in [4.78, 5) is 18.0. The predicted octanol–water partition coefficient (Wildman–Crippen LogP) is 0.843. The van der Waals surface area contributed by atoms with Crippen molar-refractivity contribution >= 4 is 23.5 Å². The van der Waals surface area contributed by atoms with Gasteiger partial charge in [-0.05, 0) is 0 Å². The molecule has 3 N–H and O–H groups in total. The molecule has 0 aliphatic rings. The Morgan fingerprint density at radius 3 is 2.55 bits per heavy atom. The number of nitrogens with one attached hydrogen (secondary N) is 2. The van der Waals surface area contributed by atoms with Crippen LogP contribution in [0.2, 0.25) is 5.15 Å².